The molecule has 29 heteroatoms. The van der Waals surface area contributed by atoms with E-state index in [2.05, 4.69) is 34.4 Å². The van der Waals surface area contributed by atoms with E-state index in [0.29, 0.717) is 18.6 Å². The van der Waals surface area contributed by atoms with E-state index in [1.165, 1.54) is 13.8 Å². The van der Waals surface area contributed by atoms with Gasteiger partial charge in [0.1, 0.15) is 36.3 Å². The number of carbonyl (C=O) groups excluding carboxylic acids is 3. The molecule has 2 amide bonds. The zero-order valence-corrected chi connectivity index (χ0v) is 32.1. The third-order valence-electron chi connectivity index (χ3n) is 7.93. The number of rotatable bonds is 20. The third-order valence-corrected chi connectivity index (χ3v) is 12.1. The van der Waals surface area contributed by atoms with Gasteiger partial charge < -0.3 is 56.6 Å². The van der Waals surface area contributed by atoms with Crippen molar-refractivity contribution in [1.82, 2.24) is 30.2 Å². The molecule has 2 aromatic rings. The van der Waals surface area contributed by atoms with E-state index < -0.39 is 90.1 Å². The number of aromatic nitrogens is 4. The predicted molar refractivity (Wildman–Crippen MR) is 183 cm³/mol. The number of fused-ring (bicyclic) bond motifs is 1. The molecule has 7 unspecified atom stereocenters. The molecule has 2 fully saturated rings. The lowest BCUT2D eigenvalue weighted by Gasteiger charge is -2.30. The summed E-state index contributed by atoms with van der Waals surface area (Å²) in [6, 6.07) is 0. The van der Waals surface area contributed by atoms with Crippen LogP contribution in [-0.4, -0.2) is 128 Å². The molecule has 1 aliphatic heterocycles. The number of hydrogen-bond donors (Lipinski definition) is 10. The number of ether oxygens (including phenoxy) is 1. The van der Waals surface area contributed by atoms with Crippen molar-refractivity contribution in [3.8, 4) is 0 Å². The Morgan fingerprint density at radius 3 is 2.41 bits per heavy atom. The molecular weight excluding hydrogens is 809 g/mol. The molecular formula is C25H41N8O17P3S. The first kappa shape index (κ1) is 44.2. The van der Waals surface area contributed by atoms with E-state index in [9.17, 15) is 57.9 Å². The highest BCUT2D eigenvalue weighted by atomic mass is 32.2. The molecule has 12 N–H and O–H groups in total. The summed E-state index contributed by atoms with van der Waals surface area (Å²) in [5.74, 6) is -1.16. The molecule has 1 aliphatic carbocycles. The van der Waals surface area contributed by atoms with Gasteiger partial charge in [0.2, 0.25) is 16.9 Å². The summed E-state index contributed by atoms with van der Waals surface area (Å²) in [7, 11) is -16.4. The van der Waals surface area contributed by atoms with Crippen molar-refractivity contribution in [2.75, 3.05) is 37.8 Å². The zero-order valence-electron chi connectivity index (χ0n) is 28.6. The summed E-state index contributed by atoms with van der Waals surface area (Å²) in [6.07, 6.45) is -5.67. The van der Waals surface area contributed by atoms with Crippen molar-refractivity contribution >= 4 is 69.1 Å². The molecule has 25 nitrogen and oxygen atoms in total. The molecule has 54 heavy (non-hydrogen) atoms. The quantitative estimate of drug-likeness (QED) is 0.0516. The Labute approximate surface area is 310 Å². The van der Waals surface area contributed by atoms with Crippen LogP contribution in [0.2, 0.25) is 0 Å². The van der Waals surface area contributed by atoms with Gasteiger partial charge in [-0.25, -0.2) is 28.6 Å². The van der Waals surface area contributed by atoms with Crippen LogP contribution in [0.3, 0.4) is 0 Å². The number of imidazole rings is 1. The van der Waals surface area contributed by atoms with Crippen molar-refractivity contribution in [3.63, 3.8) is 0 Å². The number of amides is 2. The highest BCUT2D eigenvalue weighted by Gasteiger charge is 2.50. The van der Waals surface area contributed by atoms with Crippen LogP contribution in [0.5, 0.6) is 0 Å². The second-order valence-corrected chi connectivity index (χ2v) is 18.2. The van der Waals surface area contributed by atoms with Gasteiger partial charge in [-0.2, -0.15) is 4.31 Å². The fraction of sp³-hybridized carbons (Fsp3) is 0.680. The lowest BCUT2D eigenvalue weighted by atomic mass is 9.87. The maximum absolute atomic E-state index is 12.7. The van der Waals surface area contributed by atoms with Crippen LogP contribution in [0.1, 0.15) is 39.3 Å². The van der Waals surface area contributed by atoms with Gasteiger partial charge in [0.25, 0.3) is 0 Å². The number of aliphatic hydroxyl groups is 2. The molecule has 1 saturated heterocycles. The normalized spacial score (nSPS) is 24.0. The molecule has 3 heterocycles. The lowest BCUT2D eigenvalue weighted by Crippen LogP contribution is -2.46. The SMILES string of the molecule is CC(C)(COP(=O)(O)OP(=O)(O)OCC1OC(n2cnc3c(N)ncnc32)C(O)C1OP(=O)(O)O)C(O)C(=O)NCCC(=O)NCCSC(=O)C1(N)CC1. The first-order valence-corrected chi connectivity index (χ1v) is 21.3. The highest BCUT2D eigenvalue weighted by Crippen LogP contribution is 2.61. The summed E-state index contributed by atoms with van der Waals surface area (Å²) in [5.41, 5.74) is 9.28. The molecule has 4 rings (SSSR count). The fourth-order valence-corrected chi connectivity index (χ4v) is 8.47. The van der Waals surface area contributed by atoms with Crippen molar-refractivity contribution < 1.29 is 80.5 Å². The van der Waals surface area contributed by atoms with Crippen LogP contribution in [0, 0.1) is 5.41 Å². The van der Waals surface area contributed by atoms with E-state index in [-0.39, 0.29) is 41.6 Å². The van der Waals surface area contributed by atoms with E-state index in [4.69, 9.17) is 25.3 Å². The number of nitrogens with zero attached hydrogens (tertiary/aromatic N) is 4. The maximum atomic E-state index is 12.7. The third kappa shape index (κ3) is 12.0. The topological polar surface area (TPSA) is 390 Å². The summed E-state index contributed by atoms with van der Waals surface area (Å²) in [4.78, 5) is 87.3. The van der Waals surface area contributed by atoms with Gasteiger partial charge in [-0.3, -0.25) is 32.5 Å². The number of carbonyl (C=O) groups is 3. The smallest absolute Gasteiger partial charge is 0.386 e. The second-order valence-electron chi connectivity index (χ2n) is 12.9. The Balaban J connectivity index is 1.25. The predicted octanol–water partition coefficient (Wildman–Crippen LogP) is -1.84. The summed E-state index contributed by atoms with van der Waals surface area (Å²) in [6.45, 7) is 0.451. The molecule has 2 aromatic heterocycles. The number of hydrogen-bond acceptors (Lipinski definition) is 19. The first-order valence-electron chi connectivity index (χ1n) is 15.8. The standard InChI is InChI=1S/C25H41N8O17P3S/c1-24(2,18(36)21(37)29-6-3-14(34)28-7-8-54-23(38)25(27)4-5-25)10-47-53(44,45)50-52(42,43)46-9-13-17(49-51(39,40)41)16(35)22(48-13)33-12-32-15-19(26)30-11-31-20(15)33/h11-13,16-18,22,35-36H,3-10,27H2,1-2H3,(H,28,34)(H,29,37)(H,42,43)(H,44,45)(H2,26,30,31)(H2,39,40,41). The molecule has 1 saturated carbocycles. The minimum atomic E-state index is -5.57. The minimum Gasteiger partial charge on any atom is -0.386 e. The Bertz CT molecular complexity index is 1840. The average molecular weight is 851 g/mol. The minimum absolute atomic E-state index is 0.0292. The Morgan fingerprint density at radius 2 is 1.76 bits per heavy atom. The molecule has 0 bridgehead atoms. The largest absolute Gasteiger partial charge is 0.481 e. The zero-order chi connectivity index (χ0) is 40.3. The van der Waals surface area contributed by atoms with Gasteiger partial charge in [0.15, 0.2) is 17.7 Å². The van der Waals surface area contributed by atoms with Crippen LogP contribution in [0.4, 0.5) is 5.82 Å². The van der Waals surface area contributed by atoms with Crippen LogP contribution in [0.25, 0.3) is 11.2 Å². The second kappa shape index (κ2) is 17.3. The number of aliphatic hydroxyl groups excluding tert-OH is 2. The molecule has 2 aliphatic rings. The molecule has 304 valence electrons. The average Bonchev–Trinajstić information content (AvgIpc) is 3.56. The maximum Gasteiger partial charge on any atom is 0.481 e. The Hall–Kier alpha value is -2.48. The van der Waals surface area contributed by atoms with Gasteiger partial charge in [0, 0.05) is 30.7 Å². The fourth-order valence-electron chi connectivity index (χ4n) is 4.76. The summed E-state index contributed by atoms with van der Waals surface area (Å²) >= 11 is 1.01. The summed E-state index contributed by atoms with van der Waals surface area (Å²) < 4.78 is 62.0. The van der Waals surface area contributed by atoms with Crippen molar-refractivity contribution in [2.24, 2.45) is 11.1 Å². The highest BCUT2D eigenvalue weighted by molar-refractivity contribution is 8.13. The van der Waals surface area contributed by atoms with Gasteiger partial charge in [0.05, 0.1) is 25.1 Å². The van der Waals surface area contributed by atoms with Gasteiger partial charge >= 0.3 is 23.5 Å². The van der Waals surface area contributed by atoms with Crippen molar-refractivity contribution in [2.45, 2.75) is 69.3 Å². The molecule has 0 aromatic carbocycles. The summed E-state index contributed by atoms with van der Waals surface area (Å²) in [5, 5.41) is 26.1. The molecule has 7 atom stereocenters. The number of phosphoric ester groups is 3. The van der Waals surface area contributed by atoms with E-state index in [0.717, 1.165) is 29.0 Å². The first-order chi connectivity index (χ1) is 24.9. The number of phosphoric acid groups is 3. The van der Waals surface area contributed by atoms with Crippen LogP contribution < -0.4 is 22.1 Å². The van der Waals surface area contributed by atoms with Crippen LogP contribution >= 0.6 is 35.2 Å². The number of nitrogens with two attached hydrogens (primary N) is 2. The van der Waals surface area contributed by atoms with Gasteiger partial charge in [-0.1, -0.05) is 25.6 Å². The van der Waals surface area contributed by atoms with E-state index in [1.807, 2.05) is 0 Å². The van der Waals surface area contributed by atoms with Gasteiger partial charge in [-0.15, -0.1) is 0 Å². The number of thioether (sulfide) groups is 1. The number of anilines is 1. The molecule has 0 spiro atoms. The molecule has 0 radical (unpaired) electrons. The Kier molecular flexibility index (Phi) is 14.2. The number of nitrogen functional groups attached to an aromatic ring is 1. The van der Waals surface area contributed by atoms with Crippen molar-refractivity contribution in [1.29, 1.82) is 0 Å². The van der Waals surface area contributed by atoms with E-state index in [1.54, 1.807) is 0 Å². The Morgan fingerprint density at radius 1 is 1.09 bits per heavy atom. The van der Waals surface area contributed by atoms with Crippen molar-refractivity contribution in [3.05, 3.63) is 12.7 Å². The lowest BCUT2D eigenvalue weighted by molar-refractivity contribution is -0.137. The van der Waals surface area contributed by atoms with Gasteiger partial charge in [-0.05, 0) is 12.8 Å². The number of nitrogens with one attached hydrogen (secondary N) is 2. The van der Waals surface area contributed by atoms with E-state index >= 15 is 0 Å². The monoisotopic (exact) mass is 850 g/mol. The van der Waals surface area contributed by atoms with Crippen LogP contribution in [0.15, 0.2) is 12.7 Å². The van der Waals surface area contributed by atoms with Crippen LogP contribution in [-0.2, 0) is 50.7 Å².